The van der Waals surface area contributed by atoms with Gasteiger partial charge in [-0.3, -0.25) is 9.59 Å². The van der Waals surface area contributed by atoms with E-state index < -0.39 is 6.04 Å². The molecule has 0 spiro atoms. The van der Waals surface area contributed by atoms with E-state index in [0.717, 1.165) is 32.3 Å². The number of aryl methyl sites for hydroxylation is 2. The number of likely N-dealkylation sites (N-methyl/N-ethyl adjacent to an activating group) is 1. The third kappa shape index (κ3) is 7.43. The fraction of sp³-hybridized carbons (Fsp3) is 0.310. The quantitative estimate of drug-likeness (QED) is 0.370. The highest BCUT2D eigenvalue weighted by Crippen LogP contribution is 2.24. The Bertz CT molecular complexity index is 1150. The van der Waals surface area contributed by atoms with Gasteiger partial charge in [-0.2, -0.15) is 0 Å². The lowest BCUT2D eigenvalue weighted by Crippen LogP contribution is -2.51. The molecule has 0 aliphatic carbocycles. The van der Waals surface area contributed by atoms with Crippen LogP contribution in [0.1, 0.15) is 34.7 Å². The Labute approximate surface area is 216 Å². The number of amides is 2. The zero-order chi connectivity index (χ0) is 25.4. The molecular formula is C29H33BrN2O3. The van der Waals surface area contributed by atoms with Crippen molar-refractivity contribution in [3.8, 4) is 5.75 Å². The lowest BCUT2D eigenvalue weighted by molar-refractivity contribution is -0.142. The maximum Gasteiger partial charge on any atom is 0.261 e. The molecule has 0 bridgehead atoms. The fourth-order valence-corrected chi connectivity index (χ4v) is 4.27. The number of carbonyl (C=O) groups is 2. The molecule has 1 N–H and O–H groups in total. The maximum absolute atomic E-state index is 13.6. The molecule has 0 saturated heterocycles. The van der Waals surface area contributed by atoms with Crippen molar-refractivity contribution < 1.29 is 14.3 Å². The average molecular weight is 537 g/mol. The summed E-state index contributed by atoms with van der Waals surface area (Å²) in [6, 6.07) is 20.9. The molecule has 0 heterocycles. The third-order valence-corrected chi connectivity index (χ3v) is 6.53. The molecule has 5 nitrogen and oxygen atoms in total. The van der Waals surface area contributed by atoms with Gasteiger partial charge in [-0.15, -0.1) is 0 Å². The summed E-state index contributed by atoms with van der Waals surface area (Å²) >= 11 is 3.46. The minimum absolute atomic E-state index is 0.148. The van der Waals surface area contributed by atoms with Crippen LogP contribution in [0, 0.1) is 20.8 Å². The Morgan fingerprint density at radius 2 is 1.66 bits per heavy atom. The second-order valence-corrected chi connectivity index (χ2v) is 9.66. The van der Waals surface area contributed by atoms with Crippen LogP contribution in [0.2, 0.25) is 0 Å². The molecule has 2 amide bonds. The van der Waals surface area contributed by atoms with Crippen molar-refractivity contribution in [2.75, 3.05) is 13.2 Å². The van der Waals surface area contributed by atoms with Crippen molar-refractivity contribution in [3.05, 3.63) is 99.0 Å². The number of halogens is 1. The SMILES string of the molecule is CCNC(=O)[C@@H](Cc1ccccc1)N(Cc1ccc(Br)cc1)C(=O)COc1cc(C)cc(C)c1C. The Morgan fingerprint density at radius 3 is 2.31 bits per heavy atom. The van der Waals surface area contributed by atoms with Gasteiger partial charge >= 0.3 is 0 Å². The zero-order valence-corrected chi connectivity index (χ0v) is 22.4. The summed E-state index contributed by atoms with van der Waals surface area (Å²) in [5, 5.41) is 2.91. The van der Waals surface area contributed by atoms with Gasteiger partial charge in [0.2, 0.25) is 5.91 Å². The Kier molecular flexibility index (Phi) is 9.49. The molecule has 0 aliphatic heterocycles. The highest BCUT2D eigenvalue weighted by atomic mass is 79.9. The van der Waals surface area contributed by atoms with Gasteiger partial charge in [-0.1, -0.05) is 64.5 Å². The second-order valence-electron chi connectivity index (χ2n) is 8.74. The molecule has 0 unspecified atom stereocenters. The van der Waals surface area contributed by atoms with E-state index in [1.165, 1.54) is 0 Å². The molecule has 3 aromatic rings. The molecule has 0 radical (unpaired) electrons. The van der Waals surface area contributed by atoms with Gasteiger partial charge in [0.05, 0.1) is 0 Å². The van der Waals surface area contributed by atoms with E-state index in [0.29, 0.717) is 25.3 Å². The molecule has 6 heteroatoms. The topological polar surface area (TPSA) is 58.6 Å². The molecule has 1 atom stereocenters. The first-order valence-electron chi connectivity index (χ1n) is 11.8. The van der Waals surface area contributed by atoms with Crippen LogP contribution in [0.5, 0.6) is 5.75 Å². The molecule has 184 valence electrons. The maximum atomic E-state index is 13.6. The predicted octanol–water partition coefficient (Wildman–Crippen LogP) is 5.53. The fourth-order valence-electron chi connectivity index (χ4n) is 4.01. The van der Waals surface area contributed by atoms with Crippen LogP contribution >= 0.6 is 15.9 Å². The minimum Gasteiger partial charge on any atom is -0.483 e. The summed E-state index contributed by atoms with van der Waals surface area (Å²) in [6.07, 6.45) is 0.414. The van der Waals surface area contributed by atoms with Crippen molar-refractivity contribution >= 4 is 27.7 Å². The van der Waals surface area contributed by atoms with Gasteiger partial charge in [0.25, 0.3) is 5.91 Å². The first-order valence-corrected chi connectivity index (χ1v) is 12.6. The number of rotatable bonds is 10. The van der Waals surface area contributed by atoms with Crippen LogP contribution < -0.4 is 10.1 Å². The van der Waals surface area contributed by atoms with E-state index in [1.54, 1.807) is 4.90 Å². The lowest BCUT2D eigenvalue weighted by atomic mass is 10.0. The van der Waals surface area contributed by atoms with Crippen LogP contribution in [-0.2, 0) is 22.6 Å². The summed E-state index contributed by atoms with van der Waals surface area (Å²) in [5.74, 6) is 0.278. The van der Waals surface area contributed by atoms with E-state index in [2.05, 4.69) is 27.3 Å². The molecule has 0 aliphatic rings. The van der Waals surface area contributed by atoms with Crippen LogP contribution in [0.25, 0.3) is 0 Å². The smallest absolute Gasteiger partial charge is 0.261 e. The third-order valence-electron chi connectivity index (χ3n) is 6.00. The number of nitrogens with one attached hydrogen (secondary N) is 1. The van der Waals surface area contributed by atoms with Gasteiger partial charge in [0.15, 0.2) is 6.61 Å². The summed E-state index contributed by atoms with van der Waals surface area (Å²) in [5.41, 5.74) is 5.12. The van der Waals surface area contributed by atoms with Crippen molar-refractivity contribution in [2.24, 2.45) is 0 Å². The normalized spacial score (nSPS) is 11.6. The summed E-state index contributed by atoms with van der Waals surface area (Å²) in [4.78, 5) is 28.5. The monoisotopic (exact) mass is 536 g/mol. The standard InChI is InChI=1S/C29H33BrN2O3/c1-5-31-29(34)26(17-23-9-7-6-8-10-23)32(18-24-11-13-25(30)14-12-24)28(33)19-35-27-16-20(2)15-21(3)22(27)4/h6-16,26H,5,17-19H2,1-4H3,(H,31,34)/t26-/m1/s1. The number of benzene rings is 3. The zero-order valence-electron chi connectivity index (χ0n) is 20.8. The predicted molar refractivity (Wildman–Crippen MR) is 143 cm³/mol. The summed E-state index contributed by atoms with van der Waals surface area (Å²) in [7, 11) is 0. The molecule has 3 rings (SSSR count). The Hall–Kier alpha value is -3.12. The number of nitrogens with zero attached hydrogens (tertiary/aromatic N) is 1. The van der Waals surface area contributed by atoms with E-state index in [9.17, 15) is 9.59 Å². The molecular weight excluding hydrogens is 504 g/mol. The van der Waals surface area contributed by atoms with Crippen LogP contribution in [0.15, 0.2) is 71.2 Å². The molecule has 0 saturated carbocycles. The number of carbonyl (C=O) groups excluding carboxylic acids is 2. The minimum atomic E-state index is -0.669. The average Bonchev–Trinajstić information content (AvgIpc) is 2.84. The second kappa shape index (κ2) is 12.5. The Morgan fingerprint density at radius 1 is 0.971 bits per heavy atom. The molecule has 35 heavy (non-hydrogen) atoms. The summed E-state index contributed by atoms with van der Waals surface area (Å²) in [6.45, 7) is 8.54. The molecule has 0 aromatic heterocycles. The van der Waals surface area contributed by atoms with Gasteiger partial charge < -0.3 is 15.0 Å². The largest absolute Gasteiger partial charge is 0.483 e. The van der Waals surface area contributed by atoms with E-state index in [1.807, 2.05) is 88.4 Å². The van der Waals surface area contributed by atoms with E-state index in [4.69, 9.17) is 4.74 Å². The highest BCUT2D eigenvalue weighted by Gasteiger charge is 2.30. The van der Waals surface area contributed by atoms with Gasteiger partial charge in [-0.05, 0) is 73.7 Å². The van der Waals surface area contributed by atoms with E-state index in [-0.39, 0.29) is 18.4 Å². The molecule has 0 fully saturated rings. The van der Waals surface area contributed by atoms with Crippen molar-refractivity contribution in [2.45, 2.75) is 46.7 Å². The number of hydrogen-bond donors (Lipinski definition) is 1. The first-order chi connectivity index (χ1) is 16.8. The first kappa shape index (κ1) is 26.5. The van der Waals surface area contributed by atoms with Crippen molar-refractivity contribution in [3.63, 3.8) is 0 Å². The van der Waals surface area contributed by atoms with Gasteiger partial charge in [0, 0.05) is 24.0 Å². The Balaban J connectivity index is 1.91. The van der Waals surface area contributed by atoms with Crippen LogP contribution in [0.4, 0.5) is 0 Å². The van der Waals surface area contributed by atoms with Gasteiger partial charge in [0.1, 0.15) is 11.8 Å². The number of ether oxygens (including phenoxy) is 1. The summed E-state index contributed by atoms with van der Waals surface area (Å²) < 4.78 is 6.96. The number of hydrogen-bond acceptors (Lipinski definition) is 3. The van der Waals surface area contributed by atoms with E-state index >= 15 is 0 Å². The van der Waals surface area contributed by atoms with Crippen molar-refractivity contribution in [1.82, 2.24) is 10.2 Å². The van der Waals surface area contributed by atoms with Crippen LogP contribution in [0.3, 0.4) is 0 Å². The highest BCUT2D eigenvalue weighted by molar-refractivity contribution is 9.10. The van der Waals surface area contributed by atoms with Crippen LogP contribution in [-0.4, -0.2) is 35.9 Å². The van der Waals surface area contributed by atoms with Gasteiger partial charge in [-0.25, -0.2) is 0 Å². The van der Waals surface area contributed by atoms with Crippen molar-refractivity contribution in [1.29, 1.82) is 0 Å². The lowest BCUT2D eigenvalue weighted by Gasteiger charge is -2.31. The molecule has 3 aromatic carbocycles.